The summed E-state index contributed by atoms with van der Waals surface area (Å²) >= 11 is 0. The minimum Gasteiger partial charge on any atom is -0.372 e. The van der Waals surface area contributed by atoms with Crippen molar-refractivity contribution in [3.63, 3.8) is 0 Å². The van der Waals surface area contributed by atoms with Gasteiger partial charge in [-0.15, -0.1) is 0 Å². The van der Waals surface area contributed by atoms with Crippen molar-refractivity contribution in [2.75, 3.05) is 13.2 Å². The first-order valence-electron chi connectivity index (χ1n) is 9.01. The molecule has 1 amide bonds. The molecule has 0 spiro atoms. The molecule has 0 aromatic heterocycles. The van der Waals surface area contributed by atoms with Gasteiger partial charge in [0, 0.05) is 12.1 Å². The van der Waals surface area contributed by atoms with Gasteiger partial charge in [0.1, 0.15) is 0 Å². The molecule has 0 aliphatic heterocycles. The third kappa shape index (κ3) is 2.62. The summed E-state index contributed by atoms with van der Waals surface area (Å²) in [5.41, 5.74) is 0.620. The molecule has 0 aromatic rings. The molecule has 1 N–H and O–H groups in total. The van der Waals surface area contributed by atoms with Crippen molar-refractivity contribution in [3.05, 3.63) is 12.2 Å². The molecule has 0 unspecified atom stereocenters. The van der Waals surface area contributed by atoms with E-state index in [1.807, 2.05) is 0 Å². The first-order valence-corrected chi connectivity index (χ1v) is 9.01. The summed E-state index contributed by atoms with van der Waals surface area (Å²) in [6.07, 6.45) is 6.93. The van der Waals surface area contributed by atoms with Crippen molar-refractivity contribution in [1.82, 2.24) is 5.32 Å². The second-order valence-corrected chi connectivity index (χ2v) is 8.20. The highest BCUT2D eigenvalue weighted by Crippen LogP contribution is 2.61. The normalized spacial score (nSPS) is 39.3. The van der Waals surface area contributed by atoms with Crippen LogP contribution in [0.3, 0.4) is 0 Å². The van der Waals surface area contributed by atoms with E-state index in [0.717, 1.165) is 23.7 Å². The SMILES string of the molecule is C=C(C)C(=O)NCCOC1(C(C)C)C2CC3CC(C2)CC1C3. The molecule has 4 bridgehead atoms. The van der Waals surface area contributed by atoms with Crippen molar-refractivity contribution in [2.24, 2.45) is 29.6 Å². The summed E-state index contributed by atoms with van der Waals surface area (Å²) in [5, 5.41) is 2.90. The molecule has 0 heterocycles. The van der Waals surface area contributed by atoms with Gasteiger partial charge in [-0.3, -0.25) is 4.79 Å². The van der Waals surface area contributed by atoms with Gasteiger partial charge in [0.05, 0.1) is 12.2 Å². The highest BCUT2D eigenvalue weighted by atomic mass is 16.5. The Balaban J connectivity index is 1.63. The van der Waals surface area contributed by atoms with Gasteiger partial charge in [-0.1, -0.05) is 20.4 Å². The van der Waals surface area contributed by atoms with Crippen LogP contribution < -0.4 is 5.32 Å². The molecule has 4 aliphatic carbocycles. The van der Waals surface area contributed by atoms with E-state index in [1.165, 1.54) is 32.1 Å². The number of ether oxygens (including phenoxy) is 1. The van der Waals surface area contributed by atoms with Crippen molar-refractivity contribution in [3.8, 4) is 0 Å². The minimum atomic E-state index is -0.0627. The largest absolute Gasteiger partial charge is 0.372 e. The monoisotopic (exact) mass is 305 g/mol. The van der Waals surface area contributed by atoms with E-state index < -0.39 is 0 Å². The number of hydrogen-bond acceptors (Lipinski definition) is 2. The number of amides is 1. The van der Waals surface area contributed by atoms with Crippen LogP contribution in [0.4, 0.5) is 0 Å². The van der Waals surface area contributed by atoms with Crippen LogP contribution in [0, 0.1) is 29.6 Å². The highest BCUT2D eigenvalue weighted by Gasteiger charge is 2.59. The fourth-order valence-corrected chi connectivity index (χ4v) is 5.81. The predicted molar refractivity (Wildman–Crippen MR) is 88.4 cm³/mol. The van der Waals surface area contributed by atoms with Crippen molar-refractivity contribution in [2.45, 2.75) is 58.5 Å². The topological polar surface area (TPSA) is 38.3 Å². The first kappa shape index (κ1) is 16.0. The van der Waals surface area contributed by atoms with Crippen LogP contribution in [-0.4, -0.2) is 24.7 Å². The number of hydrogen-bond donors (Lipinski definition) is 1. The minimum absolute atomic E-state index is 0.0569. The summed E-state index contributed by atoms with van der Waals surface area (Å²) in [6, 6.07) is 0. The first-order chi connectivity index (χ1) is 10.4. The van der Waals surface area contributed by atoms with Gasteiger partial charge in [0.15, 0.2) is 0 Å². The predicted octanol–water partition coefficient (Wildman–Crippen LogP) is 3.55. The maximum atomic E-state index is 11.6. The molecule has 3 heteroatoms. The Labute approximate surface area is 134 Å². The molecule has 0 aromatic carbocycles. The Morgan fingerprint density at radius 1 is 1.18 bits per heavy atom. The third-order valence-electron chi connectivity index (χ3n) is 6.44. The average Bonchev–Trinajstić information content (AvgIpc) is 2.44. The van der Waals surface area contributed by atoms with E-state index in [-0.39, 0.29) is 11.5 Å². The van der Waals surface area contributed by atoms with Crippen LogP contribution in [0.15, 0.2) is 12.2 Å². The molecular formula is C19H31NO2. The van der Waals surface area contributed by atoms with Crippen molar-refractivity contribution >= 4 is 5.91 Å². The van der Waals surface area contributed by atoms with Crippen LogP contribution >= 0.6 is 0 Å². The molecule has 3 nitrogen and oxygen atoms in total. The van der Waals surface area contributed by atoms with Gasteiger partial charge in [0.25, 0.3) is 0 Å². The second kappa shape index (κ2) is 5.99. The maximum absolute atomic E-state index is 11.6. The fraction of sp³-hybridized carbons (Fsp3) is 0.842. The van der Waals surface area contributed by atoms with E-state index in [2.05, 4.69) is 25.7 Å². The summed E-state index contributed by atoms with van der Waals surface area (Å²) in [4.78, 5) is 11.6. The molecule has 22 heavy (non-hydrogen) atoms. The Morgan fingerprint density at radius 3 is 2.18 bits per heavy atom. The molecule has 0 atom stereocenters. The number of nitrogens with one attached hydrogen (secondary N) is 1. The molecule has 4 fully saturated rings. The number of carbonyl (C=O) groups excluding carboxylic acids is 1. The van der Waals surface area contributed by atoms with Gasteiger partial charge in [-0.25, -0.2) is 0 Å². The van der Waals surface area contributed by atoms with Crippen molar-refractivity contribution < 1.29 is 9.53 Å². The Bertz CT molecular complexity index is 426. The lowest BCUT2D eigenvalue weighted by Gasteiger charge is -2.62. The summed E-state index contributed by atoms with van der Waals surface area (Å²) in [6.45, 7) is 11.3. The number of rotatable bonds is 6. The maximum Gasteiger partial charge on any atom is 0.246 e. The van der Waals surface area contributed by atoms with E-state index >= 15 is 0 Å². The zero-order valence-electron chi connectivity index (χ0n) is 14.4. The Kier molecular flexibility index (Phi) is 4.37. The van der Waals surface area contributed by atoms with Gasteiger partial charge in [0.2, 0.25) is 5.91 Å². The van der Waals surface area contributed by atoms with Crippen LogP contribution in [0.5, 0.6) is 0 Å². The molecule has 4 aliphatic rings. The van der Waals surface area contributed by atoms with Crippen molar-refractivity contribution in [1.29, 1.82) is 0 Å². The van der Waals surface area contributed by atoms with Gasteiger partial charge in [-0.2, -0.15) is 0 Å². The van der Waals surface area contributed by atoms with Gasteiger partial charge >= 0.3 is 0 Å². The average molecular weight is 305 g/mol. The van der Waals surface area contributed by atoms with E-state index in [9.17, 15) is 4.79 Å². The summed E-state index contributed by atoms with van der Waals surface area (Å²) in [5.74, 6) is 3.88. The lowest BCUT2D eigenvalue weighted by Crippen LogP contribution is -2.62. The van der Waals surface area contributed by atoms with Crippen LogP contribution in [0.25, 0.3) is 0 Å². The zero-order chi connectivity index (χ0) is 15.9. The quantitative estimate of drug-likeness (QED) is 0.602. The van der Waals surface area contributed by atoms with Gasteiger partial charge < -0.3 is 10.1 Å². The fourth-order valence-electron chi connectivity index (χ4n) is 5.81. The summed E-state index contributed by atoms with van der Waals surface area (Å²) in [7, 11) is 0. The zero-order valence-corrected chi connectivity index (χ0v) is 14.4. The van der Waals surface area contributed by atoms with Gasteiger partial charge in [-0.05, 0) is 68.6 Å². The lowest BCUT2D eigenvalue weighted by atomic mass is 9.47. The molecule has 0 saturated heterocycles. The standard InChI is InChI=1S/C19H31NO2/c1-12(2)18(21)20-5-6-22-19(13(3)4)16-8-14-7-15(10-16)11-17(19)9-14/h13-17H,1,5-11H2,2-4H3,(H,20,21). The van der Waals surface area contributed by atoms with Crippen LogP contribution in [0.2, 0.25) is 0 Å². The lowest BCUT2D eigenvalue weighted by molar-refractivity contribution is -0.225. The smallest absolute Gasteiger partial charge is 0.246 e. The molecule has 0 radical (unpaired) electrons. The number of carbonyl (C=O) groups is 1. The van der Waals surface area contributed by atoms with Crippen LogP contribution in [-0.2, 0) is 9.53 Å². The highest BCUT2D eigenvalue weighted by molar-refractivity contribution is 5.92. The summed E-state index contributed by atoms with van der Waals surface area (Å²) < 4.78 is 6.55. The molecular weight excluding hydrogens is 274 g/mol. The molecule has 4 saturated carbocycles. The molecule has 124 valence electrons. The Hall–Kier alpha value is -0.830. The molecule has 4 rings (SSSR count). The second-order valence-electron chi connectivity index (χ2n) is 8.20. The van der Waals surface area contributed by atoms with E-state index in [1.54, 1.807) is 6.92 Å². The Morgan fingerprint density at radius 2 is 1.73 bits per heavy atom. The van der Waals surface area contributed by atoms with E-state index in [4.69, 9.17) is 4.74 Å². The van der Waals surface area contributed by atoms with Crippen LogP contribution in [0.1, 0.15) is 52.9 Å². The third-order valence-corrected chi connectivity index (χ3v) is 6.44. The van der Waals surface area contributed by atoms with E-state index in [0.29, 0.717) is 24.6 Å².